The van der Waals surface area contributed by atoms with Crippen LogP contribution in [0, 0.1) is 0 Å². The summed E-state index contributed by atoms with van der Waals surface area (Å²) in [6.45, 7) is 2.24. The maximum absolute atomic E-state index is 11.2. The SMILES string of the molecule is CC=C(N)C(=O)NCc1ccccc1. The number of hydrogen-bond acceptors (Lipinski definition) is 2. The molecule has 0 saturated carbocycles. The van der Waals surface area contributed by atoms with Crippen LogP contribution < -0.4 is 11.1 Å². The van der Waals surface area contributed by atoms with Gasteiger partial charge in [-0.1, -0.05) is 36.4 Å². The van der Waals surface area contributed by atoms with Crippen molar-refractivity contribution in [3.63, 3.8) is 0 Å². The fourth-order valence-electron chi connectivity index (χ4n) is 1.01. The van der Waals surface area contributed by atoms with Gasteiger partial charge < -0.3 is 11.1 Å². The number of nitrogens with two attached hydrogens (primary N) is 1. The van der Waals surface area contributed by atoms with Crippen LogP contribution in [0.15, 0.2) is 42.1 Å². The van der Waals surface area contributed by atoms with Crippen LogP contribution in [-0.4, -0.2) is 5.91 Å². The summed E-state index contributed by atoms with van der Waals surface area (Å²) in [6.07, 6.45) is 1.58. The summed E-state index contributed by atoms with van der Waals surface area (Å²) >= 11 is 0. The molecule has 1 amide bonds. The Kier molecular flexibility index (Phi) is 3.73. The molecule has 0 bridgehead atoms. The zero-order chi connectivity index (χ0) is 10.4. The van der Waals surface area contributed by atoms with Gasteiger partial charge in [-0.15, -0.1) is 0 Å². The van der Waals surface area contributed by atoms with E-state index in [2.05, 4.69) is 5.32 Å². The van der Waals surface area contributed by atoms with Crippen LogP contribution in [-0.2, 0) is 11.3 Å². The molecule has 0 aliphatic carbocycles. The number of nitrogens with one attached hydrogen (secondary N) is 1. The van der Waals surface area contributed by atoms with E-state index in [0.29, 0.717) is 6.54 Å². The minimum absolute atomic E-state index is 0.226. The highest BCUT2D eigenvalue weighted by Crippen LogP contribution is 1.97. The monoisotopic (exact) mass is 190 g/mol. The van der Waals surface area contributed by atoms with Gasteiger partial charge in [-0.05, 0) is 12.5 Å². The van der Waals surface area contributed by atoms with E-state index >= 15 is 0 Å². The normalized spacial score (nSPS) is 11.1. The Morgan fingerprint density at radius 1 is 1.43 bits per heavy atom. The molecule has 0 spiro atoms. The van der Waals surface area contributed by atoms with Gasteiger partial charge in [-0.25, -0.2) is 0 Å². The van der Waals surface area contributed by atoms with E-state index in [9.17, 15) is 4.79 Å². The molecule has 14 heavy (non-hydrogen) atoms. The Morgan fingerprint density at radius 3 is 2.64 bits per heavy atom. The Labute approximate surface area is 83.6 Å². The first-order valence-corrected chi connectivity index (χ1v) is 4.48. The van der Waals surface area contributed by atoms with Crippen molar-refractivity contribution in [3.8, 4) is 0 Å². The van der Waals surface area contributed by atoms with Crippen molar-refractivity contribution >= 4 is 5.91 Å². The fraction of sp³-hybridized carbons (Fsp3) is 0.182. The third kappa shape index (κ3) is 2.94. The van der Waals surface area contributed by atoms with Gasteiger partial charge in [0, 0.05) is 6.54 Å². The predicted molar refractivity (Wildman–Crippen MR) is 56.2 cm³/mol. The summed E-state index contributed by atoms with van der Waals surface area (Å²) in [5, 5.41) is 2.72. The summed E-state index contributed by atoms with van der Waals surface area (Å²) in [5.74, 6) is -0.226. The second-order valence-electron chi connectivity index (χ2n) is 2.91. The highest BCUT2D eigenvalue weighted by molar-refractivity contribution is 5.92. The number of carbonyl (C=O) groups is 1. The lowest BCUT2D eigenvalue weighted by atomic mass is 10.2. The van der Waals surface area contributed by atoms with Gasteiger partial charge in [-0.2, -0.15) is 0 Å². The van der Waals surface area contributed by atoms with Crippen LogP contribution in [0.2, 0.25) is 0 Å². The molecule has 1 aromatic rings. The summed E-state index contributed by atoms with van der Waals surface area (Å²) in [4.78, 5) is 11.2. The van der Waals surface area contributed by atoms with Crippen LogP contribution >= 0.6 is 0 Å². The Bertz CT molecular complexity index is 330. The summed E-state index contributed by atoms with van der Waals surface area (Å²) < 4.78 is 0. The minimum Gasteiger partial charge on any atom is -0.395 e. The van der Waals surface area contributed by atoms with Gasteiger partial charge in [0.1, 0.15) is 0 Å². The van der Waals surface area contributed by atoms with E-state index in [-0.39, 0.29) is 11.6 Å². The summed E-state index contributed by atoms with van der Waals surface area (Å²) in [5.41, 5.74) is 6.74. The average molecular weight is 190 g/mol. The molecule has 3 nitrogen and oxygen atoms in total. The number of rotatable bonds is 3. The lowest BCUT2D eigenvalue weighted by Crippen LogP contribution is -2.27. The molecule has 0 atom stereocenters. The van der Waals surface area contributed by atoms with Crippen molar-refractivity contribution in [1.82, 2.24) is 5.32 Å². The van der Waals surface area contributed by atoms with Crippen molar-refractivity contribution in [1.29, 1.82) is 0 Å². The summed E-state index contributed by atoms with van der Waals surface area (Å²) in [6, 6.07) is 9.70. The molecule has 0 aromatic heterocycles. The second kappa shape index (κ2) is 5.07. The largest absolute Gasteiger partial charge is 0.395 e. The lowest BCUT2D eigenvalue weighted by molar-refractivity contribution is -0.117. The molecule has 1 aromatic carbocycles. The zero-order valence-electron chi connectivity index (χ0n) is 8.16. The van der Waals surface area contributed by atoms with Crippen molar-refractivity contribution in [2.24, 2.45) is 5.73 Å². The number of allylic oxidation sites excluding steroid dienone is 1. The van der Waals surface area contributed by atoms with Gasteiger partial charge in [0.05, 0.1) is 5.70 Å². The van der Waals surface area contributed by atoms with Crippen molar-refractivity contribution in [3.05, 3.63) is 47.7 Å². The molecule has 3 heteroatoms. The van der Waals surface area contributed by atoms with Gasteiger partial charge in [0.2, 0.25) is 0 Å². The molecule has 0 saturated heterocycles. The number of amides is 1. The van der Waals surface area contributed by atoms with Crippen molar-refractivity contribution < 1.29 is 4.79 Å². The first kappa shape index (κ1) is 10.3. The van der Waals surface area contributed by atoms with Gasteiger partial charge in [0.25, 0.3) is 5.91 Å². The summed E-state index contributed by atoms with van der Waals surface area (Å²) in [7, 11) is 0. The average Bonchev–Trinajstić information content (AvgIpc) is 2.26. The number of benzene rings is 1. The molecule has 3 N–H and O–H groups in total. The fourth-order valence-corrected chi connectivity index (χ4v) is 1.01. The van der Waals surface area contributed by atoms with Crippen LogP contribution in [0.1, 0.15) is 12.5 Å². The minimum atomic E-state index is -0.226. The number of hydrogen-bond donors (Lipinski definition) is 2. The van der Waals surface area contributed by atoms with Gasteiger partial charge in [0.15, 0.2) is 0 Å². The van der Waals surface area contributed by atoms with Crippen molar-refractivity contribution in [2.45, 2.75) is 13.5 Å². The van der Waals surface area contributed by atoms with E-state index < -0.39 is 0 Å². The maximum Gasteiger partial charge on any atom is 0.267 e. The molecule has 0 aliphatic rings. The second-order valence-corrected chi connectivity index (χ2v) is 2.91. The Morgan fingerprint density at radius 2 is 2.07 bits per heavy atom. The van der Waals surface area contributed by atoms with Crippen LogP contribution in [0.25, 0.3) is 0 Å². The third-order valence-electron chi connectivity index (χ3n) is 1.87. The highest BCUT2D eigenvalue weighted by Gasteiger charge is 2.02. The molecular weight excluding hydrogens is 176 g/mol. The highest BCUT2D eigenvalue weighted by atomic mass is 16.1. The smallest absolute Gasteiger partial charge is 0.267 e. The van der Waals surface area contributed by atoms with Crippen LogP contribution in [0.3, 0.4) is 0 Å². The number of carbonyl (C=O) groups excluding carboxylic acids is 1. The molecule has 0 unspecified atom stereocenters. The third-order valence-corrected chi connectivity index (χ3v) is 1.87. The first-order chi connectivity index (χ1) is 6.74. The molecule has 0 aliphatic heterocycles. The Hall–Kier alpha value is -1.77. The van der Waals surface area contributed by atoms with E-state index in [1.165, 1.54) is 0 Å². The molecule has 0 radical (unpaired) electrons. The quantitative estimate of drug-likeness (QED) is 0.703. The topological polar surface area (TPSA) is 55.1 Å². The van der Waals surface area contributed by atoms with Gasteiger partial charge in [-0.3, -0.25) is 4.79 Å². The molecule has 1 rings (SSSR count). The first-order valence-electron chi connectivity index (χ1n) is 4.48. The molecule has 0 fully saturated rings. The standard InChI is InChI=1S/C11H14N2O/c1-2-10(12)11(14)13-8-9-6-4-3-5-7-9/h2-7H,8,12H2,1H3,(H,13,14). The molecule has 74 valence electrons. The predicted octanol–water partition coefficient (Wildman–Crippen LogP) is 1.17. The Balaban J connectivity index is 2.46. The maximum atomic E-state index is 11.2. The van der Waals surface area contributed by atoms with E-state index in [0.717, 1.165) is 5.56 Å². The van der Waals surface area contributed by atoms with Crippen molar-refractivity contribution in [2.75, 3.05) is 0 Å². The van der Waals surface area contributed by atoms with Gasteiger partial charge >= 0.3 is 0 Å². The molecular formula is C11H14N2O. The van der Waals surface area contributed by atoms with E-state index in [1.54, 1.807) is 13.0 Å². The molecule has 0 heterocycles. The van der Waals surface area contributed by atoms with E-state index in [4.69, 9.17) is 5.73 Å². The van der Waals surface area contributed by atoms with Crippen LogP contribution in [0.5, 0.6) is 0 Å². The van der Waals surface area contributed by atoms with Crippen LogP contribution in [0.4, 0.5) is 0 Å². The zero-order valence-corrected chi connectivity index (χ0v) is 8.16. The van der Waals surface area contributed by atoms with E-state index in [1.807, 2.05) is 30.3 Å². The lowest BCUT2D eigenvalue weighted by Gasteiger charge is -2.04.